The fourth-order valence-corrected chi connectivity index (χ4v) is 4.50. The van der Waals surface area contributed by atoms with Gasteiger partial charge < -0.3 is 5.73 Å². The SMILES string of the molecule is Cc1cccc(CS(=O)(=O)NC(c2ccccc2)C(N)c2ccccc2)c1. The van der Waals surface area contributed by atoms with Gasteiger partial charge in [-0.25, -0.2) is 13.1 Å². The van der Waals surface area contributed by atoms with E-state index in [2.05, 4.69) is 4.72 Å². The molecule has 2 atom stereocenters. The molecule has 0 radical (unpaired) electrons. The number of nitrogens with one attached hydrogen (secondary N) is 1. The highest BCUT2D eigenvalue weighted by Crippen LogP contribution is 2.28. The maximum Gasteiger partial charge on any atom is 0.216 e. The third-order valence-electron chi connectivity index (χ3n) is 4.45. The molecule has 4 nitrogen and oxygen atoms in total. The van der Waals surface area contributed by atoms with Crippen molar-refractivity contribution in [3.8, 4) is 0 Å². The van der Waals surface area contributed by atoms with Crippen molar-refractivity contribution in [1.29, 1.82) is 0 Å². The highest BCUT2D eigenvalue weighted by molar-refractivity contribution is 7.88. The van der Waals surface area contributed by atoms with E-state index >= 15 is 0 Å². The van der Waals surface area contributed by atoms with E-state index in [0.29, 0.717) is 0 Å². The third kappa shape index (κ3) is 5.26. The number of benzene rings is 3. The number of nitrogens with two attached hydrogens (primary N) is 1. The number of hydrogen-bond donors (Lipinski definition) is 2. The van der Waals surface area contributed by atoms with Crippen LogP contribution in [0.3, 0.4) is 0 Å². The Morgan fingerprint density at radius 3 is 2.04 bits per heavy atom. The molecule has 3 aromatic carbocycles. The van der Waals surface area contributed by atoms with E-state index in [0.717, 1.165) is 22.3 Å². The normalized spacial score (nSPS) is 13.9. The van der Waals surface area contributed by atoms with E-state index in [1.807, 2.05) is 91.9 Å². The predicted molar refractivity (Wildman–Crippen MR) is 109 cm³/mol. The largest absolute Gasteiger partial charge is 0.322 e. The molecule has 3 N–H and O–H groups in total. The van der Waals surface area contributed by atoms with Gasteiger partial charge in [-0.15, -0.1) is 0 Å². The zero-order valence-corrected chi connectivity index (χ0v) is 16.1. The van der Waals surface area contributed by atoms with Gasteiger partial charge in [0.2, 0.25) is 10.0 Å². The van der Waals surface area contributed by atoms with Crippen LogP contribution in [0.5, 0.6) is 0 Å². The smallest absolute Gasteiger partial charge is 0.216 e. The van der Waals surface area contributed by atoms with Crippen molar-refractivity contribution in [3.63, 3.8) is 0 Å². The number of aryl methyl sites for hydroxylation is 1. The lowest BCUT2D eigenvalue weighted by molar-refractivity contribution is 0.503. The summed E-state index contributed by atoms with van der Waals surface area (Å²) in [5.41, 5.74) is 9.97. The fraction of sp³-hybridized carbons (Fsp3) is 0.182. The number of hydrogen-bond acceptors (Lipinski definition) is 3. The minimum atomic E-state index is -3.58. The lowest BCUT2D eigenvalue weighted by atomic mass is 9.95. The summed E-state index contributed by atoms with van der Waals surface area (Å²) in [7, 11) is -3.58. The highest BCUT2D eigenvalue weighted by Gasteiger charge is 2.26. The molecule has 3 aromatic rings. The van der Waals surface area contributed by atoms with Gasteiger partial charge in [0.05, 0.1) is 17.8 Å². The van der Waals surface area contributed by atoms with Crippen molar-refractivity contribution < 1.29 is 8.42 Å². The first-order valence-corrected chi connectivity index (χ1v) is 10.5. The number of rotatable bonds is 7. The van der Waals surface area contributed by atoms with Crippen LogP contribution in [0.2, 0.25) is 0 Å². The molecular weight excluding hydrogens is 356 g/mol. The Morgan fingerprint density at radius 2 is 1.44 bits per heavy atom. The van der Waals surface area contributed by atoms with Gasteiger partial charge in [-0.1, -0.05) is 90.5 Å². The second kappa shape index (κ2) is 8.48. The third-order valence-corrected chi connectivity index (χ3v) is 5.77. The molecule has 140 valence electrons. The zero-order chi connectivity index (χ0) is 19.3. The monoisotopic (exact) mass is 380 g/mol. The van der Waals surface area contributed by atoms with Crippen LogP contribution in [0.4, 0.5) is 0 Å². The molecule has 3 rings (SSSR count). The van der Waals surface area contributed by atoms with Gasteiger partial charge >= 0.3 is 0 Å². The standard InChI is InChI=1S/C22H24N2O2S/c1-17-9-8-10-18(15-17)16-27(25,26)24-22(20-13-6-3-7-14-20)21(23)19-11-4-2-5-12-19/h2-15,21-22,24H,16,23H2,1H3. The Balaban J connectivity index is 1.89. The Bertz CT molecular complexity index is 973. The molecule has 5 heteroatoms. The Kier molecular flexibility index (Phi) is 6.06. The molecule has 0 heterocycles. The Morgan fingerprint density at radius 1 is 0.852 bits per heavy atom. The maximum absolute atomic E-state index is 12.9. The minimum Gasteiger partial charge on any atom is -0.322 e. The summed E-state index contributed by atoms with van der Waals surface area (Å²) in [4.78, 5) is 0. The van der Waals surface area contributed by atoms with Crippen LogP contribution in [-0.2, 0) is 15.8 Å². The first-order valence-electron chi connectivity index (χ1n) is 8.86. The first-order chi connectivity index (χ1) is 12.9. The molecule has 0 aliphatic heterocycles. The van der Waals surface area contributed by atoms with Gasteiger partial charge in [-0.2, -0.15) is 0 Å². The summed E-state index contributed by atoms with van der Waals surface area (Å²) in [5, 5.41) is 0. The van der Waals surface area contributed by atoms with Gasteiger partial charge in [0.1, 0.15) is 0 Å². The van der Waals surface area contributed by atoms with Crippen molar-refractivity contribution in [1.82, 2.24) is 4.72 Å². The van der Waals surface area contributed by atoms with Crippen LogP contribution in [0, 0.1) is 6.92 Å². The molecule has 0 saturated heterocycles. The van der Waals surface area contributed by atoms with Crippen molar-refractivity contribution >= 4 is 10.0 Å². The molecule has 0 aromatic heterocycles. The summed E-state index contributed by atoms with van der Waals surface area (Å²) in [6.07, 6.45) is 0. The summed E-state index contributed by atoms with van der Waals surface area (Å²) >= 11 is 0. The zero-order valence-electron chi connectivity index (χ0n) is 15.2. The van der Waals surface area contributed by atoms with Gasteiger partial charge in [0, 0.05) is 0 Å². The van der Waals surface area contributed by atoms with Gasteiger partial charge in [-0.05, 0) is 23.6 Å². The summed E-state index contributed by atoms with van der Waals surface area (Å²) in [5.74, 6) is -0.0838. The molecule has 2 unspecified atom stereocenters. The first kappa shape index (κ1) is 19.3. The molecule has 0 fully saturated rings. The average Bonchev–Trinajstić information content (AvgIpc) is 2.67. The van der Waals surface area contributed by atoms with E-state index in [1.165, 1.54) is 0 Å². The quantitative estimate of drug-likeness (QED) is 0.654. The maximum atomic E-state index is 12.9. The Hall–Kier alpha value is -2.47. The molecular formula is C22H24N2O2S. The summed E-state index contributed by atoms with van der Waals surface area (Å²) in [6.45, 7) is 1.95. The molecule has 0 bridgehead atoms. The van der Waals surface area contributed by atoms with Crippen LogP contribution in [0.25, 0.3) is 0 Å². The van der Waals surface area contributed by atoms with Crippen molar-refractivity contribution in [2.24, 2.45) is 5.73 Å². The molecule has 0 aliphatic carbocycles. The van der Waals surface area contributed by atoms with Crippen LogP contribution in [0.15, 0.2) is 84.9 Å². The van der Waals surface area contributed by atoms with Crippen LogP contribution in [-0.4, -0.2) is 8.42 Å². The van der Waals surface area contributed by atoms with Crippen molar-refractivity contribution in [3.05, 3.63) is 107 Å². The van der Waals surface area contributed by atoms with E-state index < -0.39 is 22.1 Å². The van der Waals surface area contributed by atoms with Gasteiger partial charge in [-0.3, -0.25) is 0 Å². The fourth-order valence-electron chi connectivity index (χ4n) is 3.13. The lowest BCUT2D eigenvalue weighted by Crippen LogP contribution is -2.36. The average molecular weight is 381 g/mol. The topological polar surface area (TPSA) is 72.2 Å². The van der Waals surface area contributed by atoms with E-state index in [4.69, 9.17) is 5.73 Å². The second-order valence-corrected chi connectivity index (χ2v) is 8.44. The van der Waals surface area contributed by atoms with E-state index in [1.54, 1.807) is 0 Å². The molecule has 0 spiro atoms. The summed E-state index contributed by atoms with van der Waals surface area (Å²) in [6, 6.07) is 25.5. The van der Waals surface area contributed by atoms with Crippen LogP contribution < -0.4 is 10.5 Å². The van der Waals surface area contributed by atoms with Gasteiger partial charge in [0.25, 0.3) is 0 Å². The molecule has 0 aliphatic rings. The van der Waals surface area contributed by atoms with Crippen LogP contribution >= 0.6 is 0 Å². The van der Waals surface area contributed by atoms with E-state index in [-0.39, 0.29) is 5.75 Å². The summed E-state index contributed by atoms with van der Waals surface area (Å²) < 4.78 is 28.6. The predicted octanol–water partition coefficient (Wildman–Crippen LogP) is 3.86. The van der Waals surface area contributed by atoms with E-state index in [9.17, 15) is 8.42 Å². The van der Waals surface area contributed by atoms with Gasteiger partial charge in [0.15, 0.2) is 0 Å². The Labute approximate surface area is 161 Å². The highest BCUT2D eigenvalue weighted by atomic mass is 32.2. The van der Waals surface area contributed by atoms with Crippen LogP contribution in [0.1, 0.15) is 34.3 Å². The van der Waals surface area contributed by atoms with Crippen molar-refractivity contribution in [2.75, 3.05) is 0 Å². The second-order valence-electron chi connectivity index (χ2n) is 6.69. The number of sulfonamides is 1. The molecule has 0 amide bonds. The minimum absolute atomic E-state index is 0.0838. The molecule has 0 saturated carbocycles. The lowest BCUT2D eigenvalue weighted by Gasteiger charge is -2.26. The van der Waals surface area contributed by atoms with Crippen molar-refractivity contribution in [2.45, 2.75) is 24.8 Å². The molecule has 27 heavy (non-hydrogen) atoms.